The Kier molecular flexibility index (Phi) is 4.41. The first kappa shape index (κ1) is 13.4. The molecule has 4 nitrogen and oxygen atoms in total. The van der Waals surface area contributed by atoms with Crippen LogP contribution in [0.5, 0.6) is 5.75 Å². The van der Waals surface area contributed by atoms with Gasteiger partial charge >= 0.3 is 0 Å². The molecule has 2 aromatic rings. The zero-order valence-corrected chi connectivity index (χ0v) is 11.5. The molecule has 0 saturated heterocycles. The van der Waals surface area contributed by atoms with E-state index in [4.69, 9.17) is 10.5 Å². The average molecular weight is 276 g/mol. The van der Waals surface area contributed by atoms with Crippen molar-refractivity contribution >= 4 is 22.9 Å². The summed E-state index contributed by atoms with van der Waals surface area (Å²) in [6.45, 7) is 2.54. The molecule has 1 heterocycles. The first-order chi connectivity index (χ1) is 9.16. The van der Waals surface area contributed by atoms with Gasteiger partial charge in [0.1, 0.15) is 5.75 Å². The van der Waals surface area contributed by atoms with Gasteiger partial charge in [0.05, 0.1) is 12.2 Å². The molecule has 0 aliphatic heterocycles. The highest BCUT2D eigenvalue weighted by atomic mass is 32.1. The molecular formula is C14H16N2O2S. The van der Waals surface area contributed by atoms with Gasteiger partial charge in [0.15, 0.2) is 6.61 Å². The molecule has 0 aliphatic rings. The molecule has 1 aromatic carbocycles. The molecule has 0 saturated carbocycles. The number of para-hydroxylation sites is 2. The predicted octanol–water partition coefficient (Wildman–Crippen LogP) is 2.33. The molecule has 19 heavy (non-hydrogen) atoms. The fraction of sp³-hybridized carbons (Fsp3) is 0.214. The predicted molar refractivity (Wildman–Crippen MR) is 77.3 cm³/mol. The van der Waals surface area contributed by atoms with Crippen LogP contribution in [0.2, 0.25) is 0 Å². The molecule has 3 N–H and O–H groups in total. The maximum Gasteiger partial charge on any atom is 0.258 e. The molecule has 2 rings (SSSR count). The number of thiophene rings is 1. The highest BCUT2D eigenvalue weighted by molar-refractivity contribution is 7.10. The Morgan fingerprint density at radius 2 is 2.16 bits per heavy atom. The normalized spacial score (nSPS) is 10.2. The van der Waals surface area contributed by atoms with Crippen LogP contribution in [0.15, 0.2) is 35.7 Å². The molecule has 0 unspecified atom stereocenters. The van der Waals surface area contributed by atoms with Crippen LogP contribution in [-0.4, -0.2) is 12.5 Å². The second-order valence-corrected chi connectivity index (χ2v) is 5.13. The summed E-state index contributed by atoms with van der Waals surface area (Å²) in [5.74, 6) is 0.376. The number of hydrogen-bond acceptors (Lipinski definition) is 4. The number of amides is 1. The van der Waals surface area contributed by atoms with E-state index in [0.717, 1.165) is 4.88 Å². The van der Waals surface area contributed by atoms with E-state index in [-0.39, 0.29) is 12.5 Å². The third-order valence-electron chi connectivity index (χ3n) is 2.69. The Labute approximate surface area is 116 Å². The third kappa shape index (κ3) is 3.72. The summed E-state index contributed by atoms with van der Waals surface area (Å²) >= 11 is 1.63. The van der Waals surface area contributed by atoms with Crippen LogP contribution in [0.1, 0.15) is 10.4 Å². The van der Waals surface area contributed by atoms with Gasteiger partial charge in [0.2, 0.25) is 0 Å². The van der Waals surface area contributed by atoms with E-state index in [1.165, 1.54) is 5.56 Å². The van der Waals surface area contributed by atoms with Gasteiger partial charge in [-0.15, -0.1) is 11.3 Å². The molecule has 0 radical (unpaired) electrons. The van der Waals surface area contributed by atoms with Crippen molar-refractivity contribution in [2.24, 2.45) is 0 Å². The quantitative estimate of drug-likeness (QED) is 0.824. The Bertz CT molecular complexity index is 566. The largest absolute Gasteiger partial charge is 0.482 e. The van der Waals surface area contributed by atoms with Gasteiger partial charge in [-0.1, -0.05) is 12.1 Å². The van der Waals surface area contributed by atoms with E-state index in [9.17, 15) is 4.79 Å². The molecule has 0 bridgehead atoms. The molecular weight excluding hydrogens is 260 g/mol. The highest BCUT2D eigenvalue weighted by Crippen LogP contribution is 2.19. The molecule has 0 fully saturated rings. The summed E-state index contributed by atoms with van der Waals surface area (Å²) in [5, 5.41) is 4.83. The van der Waals surface area contributed by atoms with Gasteiger partial charge in [-0.25, -0.2) is 0 Å². The number of anilines is 1. The van der Waals surface area contributed by atoms with Crippen molar-refractivity contribution in [1.29, 1.82) is 0 Å². The average Bonchev–Trinajstić information content (AvgIpc) is 2.81. The fourth-order valence-corrected chi connectivity index (χ4v) is 2.42. The minimum atomic E-state index is -0.156. The summed E-state index contributed by atoms with van der Waals surface area (Å²) in [7, 11) is 0. The van der Waals surface area contributed by atoms with E-state index in [2.05, 4.69) is 5.32 Å². The van der Waals surface area contributed by atoms with E-state index < -0.39 is 0 Å². The van der Waals surface area contributed by atoms with Gasteiger partial charge in [-0.3, -0.25) is 4.79 Å². The smallest absolute Gasteiger partial charge is 0.258 e. The number of carbonyl (C=O) groups is 1. The lowest BCUT2D eigenvalue weighted by Gasteiger charge is -2.09. The number of nitrogens with one attached hydrogen (secondary N) is 1. The lowest BCUT2D eigenvalue weighted by molar-refractivity contribution is -0.123. The Hall–Kier alpha value is -2.01. The van der Waals surface area contributed by atoms with E-state index in [1.54, 1.807) is 23.5 Å². The van der Waals surface area contributed by atoms with Crippen molar-refractivity contribution < 1.29 is 9.53 Å². The Balaban J connectivity index is 1.79. The van der Waals surface area contributed by atoms with Crippen LogP contribution in [0.3, 0.4) is 0 Å². The van der Waals surface area contributed by atoms with E-state index in [0.29, 0.717) is 18.0 Å². The van der Waals surface area contributed by atoms with Crippen LogP contribution in [0, 0.1) is 6.92 Å². The summed E-state index contributed by atoms with van der Waals surface area (Å²) in [4.78, 5) is 12.8. The summed E-state index contributed by atoms with van der Waals surface area (Å²) in [6.07, 6.45) is 0. The van der Waals surface area contributed by atoms with Gasteiger partial charge in [-0.05, 0) is 36.1 Å². The Morgan fingerprint density at radius 3 is 2.84 bits per heavy atom. The summed E-state index contributed by atoms with van der Waals surface area (Å²) in [5.41, 5.74) is 7.45. The highest BCUT2D eigenvalue weighted by Gasteiger charge is 2.06. The van der Waals surface area contributed by atoms with Crippen LogP contribution in [-0.2, 0) is 11.3 Å². The summed E-state index contributed by atoms with van der Waals surface area (Å²) < 4.78 is 5.37. The molecule has 1 aromatic heterocycles. The number of nitrogens with two attached hydrogens (primary N) is 1. The zero-order valence-electron chi connectivity index (χ0n) is 10.7. The first-order valence-corrected chi connectivity index (χ1v) is 6.82. The van der Waals surface area contributed by atoms with Crippen molar-refractivity contribution in [3.63, 3.8) is 0 Å². The minimum Gasteiger partial charge on any atom is -0.482 e. The van der Waals surface area contributed by atoms with E-state index >= 15 is 0 Å². The van der Waals surface area contributed by atoms with Gasteiger partial charge in [0, 0.05) is 4.88 Å². The molecule has 100 valence electrons. The number of ether oxygens (including phenoxy) is 1. The molecule has 0 aliphatic carbocycles. The molecule has 0 spiro atoms. The third-order valence-corrected chi connectivity index (χ3v) is 3.72. The standard InChI is InChI=1S/C14H16N2O2S/c1-10-6-7-19-13(10)8-16-14(17)9-18-12-5-3-2-4-11(12)15/h2-7H,8-9,15H2,1H3,(H,16,17). The molecule has 5 heteroatoms. The maximum atomic E-state index is 11.7. The Morgan fingerprint density at radius 1 is 1.37 bits per heavy atom. The topological polar surface area (TPSA) is 64.3 Å². The van der Waals surface area contributed by atoms with Crippen LogP contribution >= 0.6 is 11.3 Å². The number of aryl methyl sites for hydroxylation is 1. The maximum absolute atomic E-state index is 11.7. The fourth-order valence-electron chi connectivity index (χ4n) is 1.57. The molecule has 0 atom stereocenters. The van der Waals surface area contributed by atoms with Crippen LogP contribution in [0.4, 0.5) is 5.69 Å². The SMILES string of the molecule is Cc1ccsc1CNC(=O)COc1ccccc1N. The number of carbonyl (C=O) groups excluding carboxylic acids is 1. The first-order valence-electron chi connectivity index (χ1n) is 5.94. The van der Waals surface area contributed by atoms with Crippen LogP contribution in [0.25, 0.3) is 0 Å². The van der Waals surface area contributed by atoms with Crippen molar-refractivity contribution in [1.82, 2.24) is 5.32 Å². The van der Waals surface area contributed by atoms with Crippen molar-refractivity contribution in [3.05, 3.63) is 46.2 Å². The second-order valence-electron chi connectivity index (χ2n) is 4.13. The number of benzene rings is 1. The van der Waals surface area contributed by atoms with Crippen molar-refractivity contribution in [2.75, 3.05) is 12.3 Å². The summed E-state index contributed by atoms with van der Waals surface area (Å²) in [6, 6.07) is 9.15. The van der Waals surface area contributed by atoms with Crippen molar-refractivity contribution in [3.8, 4) is 5.75 Å². The second kappa shape index (κ2) is 6.24. The minimum absolute atomic E-state index is 0.0291. The lowest BCUT2D eigenvalue weighted by atomic mass is 10.3. The molecule has 1 amide bonds. The zero-order chi connectivity index (χ0) is 13.7. The van der Waals surface area contributed by atoms with Gasteiger partial charge in [0.25, 0.3) is 5.91 Å². The van der Waals surface area contributed by atoms with Gasteiger partial charge < -0.3 is 15.8 Å². The number of hydrogen-bond donors (Lipinski definition) is 2. The monoisotopic (exact) mass is 276 g/mol. The number of rotatable bonds is 5. The van der Waals surface area contributed by atoms with Crippen LogP contribution < -0.4 is 15.8 Å². The van der Waals surface area contributed by atoms with Gasteiger partial charge in [-0.2, -0.15) is 0 Å². The lowest BCUT2D eigenvalue weighted by Crippen LogP contribution is -2.28. The number of nitrogen functional groups attached to an aromatic ring is 1. The van der Waals surface area contributed by atoms with E-state index in [1.807, 2.05) is 30.5 Å². The van der Waals surface area contributed by atoms with Crippen molar-refractivity contribution in [2.45, 2.75) is 13.5 Å².